The van der Waals surface area contributed by atoms with Gasteiger partial charge in [0.25, 0.3) is 0 Å². The first-order chi connectivity index (χ1) is 9.56. The van der Waals surface area contributed by atoms with Gasteiger partial charge in [0.1, 0.15) is 5.41 Å². The molecule has 0 aromatic heterocycles. The van der Waals surface area contributed by atoms with Gasteiger partial charge in [0.05, 0.1) is 20.3 Å². The van der Waals surface area contributed by atoms with Gasteiger partial charge >= 0.3 is 0 Å². The largest absolute Gasteiger partial charge is 0.493 e. The van der Waals surface area contributed by atoms with Crippen LogP contribution in [0.2, 0.25) is 0 Å². The minimum Gasteiger partial charge on any atom is -0.493 e. The summed E-state index contributed by atoms with van der Waals surface area (Å²) in [5.74, 6) is 0.820. The second-order valence-electron chi connectivity index (χ2n) is 4.42. The molecule has 0 aliphatic carbocycles. The number of benzene rings is 1. The number of hydrogen-bond donors (Lipinski definition) is 1. The second kappa shape index (κ2) is 6.80. The Hall–Kier alpha value is -2.22. The van der Waals surface area contributed by atoms with Crippen LogP contribution < -0.4 is 14.8 Å². The van der Waals surface area contributed by atoms with Crippen LogP contribution in [0.1, 0.15) is 26.7 Å². The summed E-state index contributed by atoms with van der Waals surface area (Å²) in [6, 6.07) is 7.21. The Morgan fingerprint density at radius 3 is 2.30 bits per heavy atom. The first-order valence-corrected chi connectivity index (χ1v) is 6.51. The summed E-state index contributed by atoms with van der Waals surface area (Å²) in [6.45, 7) is 3.67. The highest BCUT2D eigenvalue weighted by Crippen LogP contribution is 2.32. The fourth-order valence-corrected chi connectivity index (χ4v) is 1.94. The number of carbonyl (C=O) groups excluding carboxylic acids is 1. The highest BCUT2D eigenvalue weighted by atomic mass is 16.5. The predicted octanol–water partition coefficient (Wildman–Crippen LogP) is 2.97. The molecular weight excluding hydrogens is 256 g/mol. The molecule has 5 heteroatoms. The summed E-state index contributed by atoms with van der Waals surface area (Å²) in [6.07, 6.45) is 0.943. The molecule has 5 nitrogen and oxygen atoms in total. The molecule has 0 saturated carbocycles. The topological polar surface area (TPSA) is 71.4 Å². The van der Waals surface area contributed by atoms with E-state index in [1.54, 1.807) is 25.3 Å². The third-order valence-corrected chi connectivity index (χ3v) is 3.50. The number of ether oxygens (including phenoxy) is 2. The highest BCUT2D eigenvalue weighted by Gasteiger charge is 2.35. The van der Waals surface area contributed by atoms with Gasteiger partial charge in [-0.05, 0) is 25.0 Å². The molecule has 0 aliphatic heterocycles. The van der Waals surface area contributed by atoms with Crippen molar-refractivity contribution in [1.29, 1.82) is 5.26 Å². The molecule has 1 N–H and O–H groups in total. The molecular formula is C15H20N2O3. The molecule has 108 valence electrons. The van der Waals surface area contributed by atoms with Crippen molar-refractivity contribution in [3.05, 3.63) is 18.2 Å². The van der Waals surface area contributed by atoms with Gasteiger partial charge in [-0.1, -0.05) is 13.8 Å². The molecule has 0 aliphatic rings. The van der Waals surface area contributed by atoms with E-state index < -0.39 is 5.41 Å². The third-order valence-electron chi connectivity index (χ3n) is 3.50. The SMILES string of the molecule is CCC(C#N)(CC)C(=O)Nc1ccc(OC)c(OC)c1. The van der Waals surface area contributed by atoms with E-state index in [9.17, 15) is 10.1 Å². The van der Waals surface area contributed by atoms with E-state index in [0.29, 0.717) is 30.0 Å². The molecule has 0 heterocycles. The zero-order chi connectivity index (χ0) is 15.2. The maximum Gasteiger partial charge on any atom is 0.244 e. The smallest absolute Gasteiger partial charge is 0.244 e. The Morgan fingerprint density at radius 1 is 1.25 bits per heavy atom. The first-order valence-electron chi connectivity index (χ1n) is 6.51. The van der Waals surface area contributed by atoms with Crippen LogP contribution in [0, 0.1) is 16.7 Å². The second-order valence-corrected chi connectivity index (χ2v) is 4.42. The van der Waals surface area contributed by atoms with Crippen molar-refractivity contribution in [2.75, 3.05) is 19.5 Å². The number of nitrogens with one attached hydrogen (secondary N) is 1. The zero-order valence-electron chi connectivity index (χ0n) is 12.3. The van der Waals surface area contributed by atoms with Gasteiger partial charge in [-0.15, -0.1) is 0 Å². The maximum atomic E-state index is 12.3. The van der Waals surface area contributed by atoms with E-state index >= 15 is 0 Å². The maximum absolute atomic E-state index is 12.3. The fraction of sp³-hybridized carbons (Fsp3) is 0.467. The van der Waals surface area contributed by atoms with Gasteiger partial charge in [-0.2, -0.15) is 5.26 Å². The van der Waals surface area contributed by atoms with Gasteiger partial charge < -0.3 is 14.8 Å². The molecule has 1 aromatic rings. The summed E-state index contributed by atoms with van der Waals surface area (Å²) in [4.78, 5) is 12.3. The van der Waals surface area contributed by atoms with E-state index in [4.69, 9.17) is 9.47 Å². The predicted molar refractivity (Wildman–Crippen MR) is 76.8 cm³/mol. The third kappa shape index (κ3) is 3.02. The minimum atomic E-state index is -0.993. The summed E-state index contributed by atoms with van der Waals surface area (Å²) < 4.78 is 10.3. The molecule has 0 spiro atoms. The average Bonchev–Trinajstić information content (AvgIpc) is 2.49. The normalized spacial score (nSPS) is 10.6. The Morgan fingerprint density at radius 2 is 1.85 bits per heavy atom. The summed E-state index contributed by atoms with van der Waals surface area (Å²) in [7, 11) is 3.08. The van der Waals surface area contributed by atoms with Crippen LogP contribution in [-0.2, 0) is 4.79 Å². The number of methoxy groups -OCH3 is 2. The van der Waals surface area contributed by atoms with Crippen LogP contribution in [0.5, 0.6) is 11.5 Å². The van der Waals surface area contributed by atoms with Crippen molar-refractivity contribution >= 4 is 11.6 Å². The zero-order valence-corrected chi connectivity index (χ0v) is 12.3. The molecule has 1 aromatic carbocycles. The summed E-state index contributed by atoms with van der Waals surface area (Å²) in [5.41, 5.74) is -0.415. The molecule has 0 radical (unpaired) electrons. The molecule has 0 atom stereocenters. The number of anilines is 1. The number of hydrogen-bond acceptors (Lipinski definition) is 4. The molecule has 0 unspecified atom stereocenters. The lowest BCUT2D eigenvalue weighted by Crippen LogP contribution is -2.33. The molecule has 1 rings (SSSR count). The van der Waals surface area contributed by atoms with E-state index in [0.717, 1.165) is 0 Å². The van der Waals surface area contributed by atoms with Gasteiger partial charge in [-0.25, -0.2) is 0 Å². The molecule has 0 bridgehead atoms. The van der Waals surface area contributed by atoms with Crippen molar-refractivity contribution < 1.29 is 14.3 Å². The number of carbonyl (C=O) groups is 1. The lowest BCUT2D eigenvalue weighted by atomic mass is 9.83. The molecule has 0 fully saturated rings. The minimum absolute atomic E-state index is 0.294. The standard InChI is InChI=1S/C15H20N2O3/c1-5-15(6-2,10-16)14(18)17-11-7-8-12(19-3)13(9-11)20-4/h7-9H,5-6H2,1-4H3,(H,17,18). The van der Waals surface area contributed by atoms with Gasteiger partial charge in [-0.3, -0.25) is 4.79 Å². The van der Waals surface area contributed by atoms with Crippen molar-refractivity contribution in [3.8, 4) is 17.6 Å². The first kappa shape index (κ1) is 15.8. The monoisotopic (exact) mass is 276 g/mol. The van der Waals surface area contributed by atoms with Crippen molar-refractivity contribution in [2.45, 2.75) is 26.7 Å². The average molecular weight is 276 g/mol. The van der Waals surface area contributed by atoms with Crippen LogP contribution in [0.3, 0.4) is 0 Å². The Balaban J connectivity index is 2.99. The van der Waals surface area contributed by atoms with Gasteiger partial charge in [0.15, 0.2) is 11.5 Å². The molecule has 1 amide bonds. The number of nitriles is 1. The van der Waals surface area contributed by atoms with Crippen molar-refractivity contribution in [2.24, 2.45) is 5.41 Å². The lowest BCUT2D eigenvalue weighted by molar-refractivity contribution is -0.123. The van der Waals surface area contributed by atoms with Crippen LogP contribution >= 0.6 is 0 Å². The van der Waals surface area contributed by atoms with E-state index in [2.05, 4.69) is 11.4 Å². The molecule has 0 saturated heterocycles. The Bertz CT molecular complexity index is 516. The van der Waals surface area contributed by atoms with E-state index in [1.807, 2.05) is 13.8 Å². The number of amides is 1. The van der Waals surface area contributed by atoms with Crippen molar-refractivity contribution in [1.82, 2.24) is 0 Å². The fourth-order valence-electron chi connectivity index (χ4n) is 1.94. The van der Waals surface area contributed by atoms with Crippen LogP contribution in [0.25, 0.3) is 0 Å². The number of nitrogens with zero attached hydrogens (tertiary/aromatic N) is 1. The van der Waals surface area contributed by atoms with Crippen LogP contribution in [0.4, 0.5) is 5.69 Å². The Kier molecular flexibility index (Phi) is 5.39. The van der Waals surface area contributed by atoms with E-state index in [-0.39, 0.29) is 5.91 Å². The van der Waals surface area contributed by atoms with Gasteiger partial charge in [0.2, 0.25) is 5.91 Å². The molecule has 20 heavy (non-hydrogen) atoms. The highest BCUT2D eigenvalue weighted by molar-refractivity contribution is 5.97. The summed E-state index contributed by atoms with van der Waals surface area (Å²) in [5, 5.41) is 12.0. The van der Waals surface area contributed by atoms with Crippen LogP contribution in [-0.4, -0.2) is 20.1 Å². The quantitative estimate of drug-likeness (QED) is 0.867. The van der Waals surface area contributed by atoms with E-state index in [1.165, 1.54) is 7.11 Å². The van der Waals surface area contributed by atoms with Gasteiger partial charge in [0, 0.05) is 11.8 Å². The summed E-state index contributed by atoms with van der Waals surface area (Å²) >= 11 is 0. The number of rotatable bonds is 6. The lowest BCUT2D eigenvalue weighted by Gasteiger charge is -2.22. The van der Waals surface area contributed by atoms with Crippen LogP contribution in [0.15, 0.2) is 18.2 Å². The van der Waals surface area contributed by atoms with Crippen molar-refractivity contribution in [3.63, 3.8) is 0 Å². The Labute approximate surface area is 119 Å².